The van der Waals surface area contributed by atoms with E-state index in [9.17, 15) is 9.59 Å². The number of nitrogen functional groups attached to an aromatic ring is 1. The fourth-order valence-electron chi connectivity index (χ4n) is 2.54. The smallest absolute Gasteiger partial charge is 0.260 e. The maximum atomic E-state index is 12.2. The van der Waals surface area contributed by atoms with Crippen molar-refractivity contribution in [1.29, 1.82) is 0 Å². The number of nitrogens with one attached hydrogen (secondary N) is 2. The summed E-state index contributed by atoms with van der Waals surface area (Å²) in [6, 6.07) is 5.01. The maximum absolute atomic E-state index is 12.2. The van der Waals surface area contributed by atoms with Crippen LogP contribution in [-0.4, -0.2) is 34.5 Å². The second kappa shape index (κ2) is 4.47. The van der Waals surface area contributed by atoms with Gasteiger partial charge < -0.3 is 16.0 Å². The van der Waals surface area contributed by atoms with Crippen molar-refractivity contribution in [3.05, 3.63) is 28.6 Å². The molecular weight excluding hydrogens is 270 g/mol. The lowest BCUT2D eigenvalue weighted by Crippen LogP contribution is -2.62. The van der Waals surface area contributed by atoms with Gasteiger partial charge in [-0.2, -0.15) is 0 Å². The second-order valence-corrected chi connectivity index (χ2v) is 5.63. The molecule has 1 aliphatic heterocycles. The molecule has 0 atom stereocenters. The van der Waals surface area contributed by atoms with Crippen LogP contribution in [0, 0.1) is 0 Å². The van der Waals surface area contributed by atoms with E-state index in [2.05, 4.69) is 15.3 Å². The Labute approximate surface area is 121 Å². The molecule has 0 spiro atoms. The van der Waals surface area contributed by atoms with Gasteiger partial charge in [0.25, 0.3) is 5.56 Å². The number of aromatic amines is 1. The van der Waals surface area contributed by atoms with E-state index in [1.165, 1.54) is 0 Å². The van der Waals surface area contributed by atoms with E-state index in [1.807, 2.05) is 4.90 Å². The lowest BCUT2D eigenvalue weighted by atomic mass is 9.99. The molecule has 0 radical (unpaired) electrons. The number of hydrogen-bond acceptors (Lipinski definition) is 5. The highest BCUT2D eigenvalue weighted by Gasteiger charge is 2.39. The molecule has 2 heterocycles. The van der Waals surface area contributed by atoms with Crippen molar-refractivity contribution in [1.82, 2.24) is 15.3 Å². The normalized spacial score (nSPS) is 17.8. The minimum Gasteiger partial charge on any atom is -0.399 e. The van der Waals surface area contributed by atoms with Crippen molar-refractivity contribution < 1.29 is 4.79 Å². The zero-order valence-corrected chi connectivity index (χ0v) is 11.9. The zero-order valence-electron chi connectivity index (χ0n) is 11.9. The number of fused-ring (bicyclic) bond motifs is 1. The maximum Gasteiger partial charge on any atom is 0.260 e. The Balaban J connectivity index is 2.15. The number of aromatic nitrogens is 2. The summed E-state index contributed by atoms with van der Waals surface area (Å²) in [5, 5.41) is 3.26. The third-order valence-corrected chi connectivity index (χ3v) is 3.82. The Morgan fingerprint density at radius 2 is 2.10 bits per heavy atom. The van der Waals surface area contributed by atoms with Crippen LogP contribution >= 0.6 is 0 Å². The van der Waals surface area contributed by atoms with Crippen LogP contribution in [0.25, 0.3) is 10.9 Å². The summed E-state index contributed by atoms with van der Waals surface area (Å²) in [7, 11) is 0. The van der Waals surface area contributed by atoms with Gasteiger partial charge in [0.1, 0.15) is 5.54 Å². The van der Waals surface area contributed by atoms with Gasteiger partial charge >= 0.3 is 0 Å². The van der Waals surface area contributed by atoms with Crippen molar-refractivity contribution in [2.45, 2.75) is 19.4 Å². The van der Waals surface area contributed by atoms with Gasteiger partial charge in [-0.15, -0.1) is 0 Å². The third kappa shape index (κ3) is 2.10. The predicted molar refractivity (Wildman–Crippen MR) is 81.2 cm³/mol. The van der Waals surface area contributed by atoms with E-state index in [0.717, 1.165) is 0 Å². The van der Waals surface area contributed by atoms with Gasteiger partial charge in [-0.3, -0.25) is 14.6 Å². The van der Waals surface area contributed by atoms with Gasteiger partial charge in [0.2, 0.25) is 11.9 Å². The predicted octanol–water partition coefficient (Wildman–Crippen LogP) is 0.220. The van der Waals surface area contributed by atoms with Crippen LogP contribution in [0.2, 0.25) is 0 Å². The van der Waals surface area contributed by atoms with Crippen LogP contribution in [-0.2, 0) is 4.79 Å². The highest BCUT2D eigenvalue weighted by Crippen LogP contribution is 2.23. The van der Waals surface area contributed by atoms with Crippen molar-refractivity contribution in [2.75, 3.05) is 23.7 Å². The molecule has 7 nitrogen and oxygen atoms in total. The zero-order chi connectivity index (χ0) is 15.2. The average molecular weight is 287 g/mol. The van der Waals surface area contributed by atoms with E-state index in [-0.39, 0.29) is 11.5 Å². The highest BCUT2D eigenvalue weighted by atomic mass is 16.2. The van der Waals surface area contributed by atoms with E-state index in [1.54, 1.807) is 32.0 Å². The number of carbonyl (C=O) groups is 1. The molecule has 0 saturated carbocycles. The minimum absolute atomic E-state index is 0.0891. The Kier molecular flexibility index (Phi) is 2.86. The van der Waals surface area contributed by atoms with E-state index >= 15 is 0 Å². The summed E-state index contributed by atoms with van der Waals surface area (Å²) in [4.78, 5) is 33.2. The molecule has 1 fully saturated rings. The number of carbonyl (C=O) groups excluding carboxylic acids is 1. The Morgan fingerprint density at radius 3 is 2.86 bits per heavy atom. The quantitative estimate of drug-likeness (QED) is 0.651. The highest BCUT2D eigenvalue weighted by molar-refractivity contribution is 5.90. The largest absolute Gasteiger partial charge is 0.399 e. The molecule has 4 N–H and O–H groups in total. The van der Waals surface area contributed by atoms with Crippen molar-refractivity contribution >= 4 is 28.4 Å². The van der Waals surface area contributed by atoms with Crippen LogP contribution in [0.1, 0.15) is 13.8 Å². The van der Waals surface area contributed by atoms with Gasteiger partial charge in [-0.25, -0.2) is 4.98 Å². The van der Waals surface area contributed by atoms with Gasteiger partial charge in [0.05, 0.1) is 10.9 Å². The minimum atomic E-state index is -0.768. The molecule has 1 aromatic heterocycles. The monoisotopic (exact) mass is 287 g/mol. The first-order chi connectivity index (χ1) is 9.89. The van der Waals surface area contributed by atoms with Gasteiger partial charge in [-0.1, -0.05) is 0 Å². The van der Waals surface area contributed by atoms with Crippen molar-refractivity contribution in [2.24, 2.45) is 0 Å². The topological polar surface area (TPSA) is 104 Å². The first-order valence-electron chi connectivity index (χ1n) is 6.75. The van der Waals surface area contributed by atoms with Crippen LogP contribution in [0.3, 0.4) is 0 Å². The SMILES string of the molecule is CC1(C)C(=O)NCCN1c1nc2ccc(N)cc2c(=O)[nH]1. The number of piperazine rings is 1. The summed E-state index contributed by atoms with van der Waals surface area (Å²) in [6.45, 7) is 4.71. The fraction of sp³-hybridized carbons (Fsp3) is 0.357. The van der Waals surface area contributed by atoms with Gasteiger partial charge in [0, 0.05) is 18.8 Å². The van der Waals surface area contributed by atoms with E-state index in [0.29, 0.717) is 35.6 Å². The van der Waals surface area contributed by atoms with Crippen LogP contribution < -0.4 is 21.5 Å². The molecule has 1 saturated heterocycles. The van der Waals surface area contributed by atoms with Crippen LogP contribution in [0.15, 0.2) is 23.0 Å². The van der Waals surface area contributed by atoms with Crippen LogP contribution in [0.4, 0.5) is 11.6 Å². The molecule has 110 valence electrons. The lowest BCUT2D eigenvalue weighted by molar-refractivity contribution is -0.126. The number of rotatable bonds is 1. The molecule has 1 aromatic carbocycles. The van der Waals surface area contributed by atoms with Gasteiger partial charge in [0.15, 0.2) is 0 Å². The molecule has 7 heteroatoms. The molecule has 21 heavy (non-hydrogen) atoms. The Bertz CT molecular complexity index is 781. The second-order valence-electron chi connectivity index (χ2n) is 5.63. The number of H-pyrrole nitrogens is 1. The number of nitrogens with zero attached hydrogens (tertiary/aromatic N) is 2. The molecule has 0 bridgehead atoms. The summed E-state index contributed by atoms with van der Waals surface area (Å²) in [6.07, 6.45) is 0. The molecule has 2 aromatic rings. The molecular formula is C14H17N5O2. The summed E-state index contributed by atoms with van der Waals surface area (Å²) < 4.78 is 0. The van der Waals surface area contributed by atoms with Crippen molar-refractivity contribution in [3.63, 3.8) is 0 Å². The summed E-state index contributed by atoms with van der Waals surface area (Å²) in [5.74, 6) is 0.311. The number of hydrogen-bond donors (Lipinski definition) is 3. The average Bonchev–Trinajstić information content (AvgIpc) is 2.42. The first kappa shape index (κ1) is 13.4. The Morgan fingerprint density at radius 1 is 1.33 bits per heavy atom. The molecule has 3 rings (SSSR count). The molecule has 1 aliphatic rings. The number of benzene rings is 1. The van der Waals surface area contributed by atoms with E-state index < -0.39 is 5.54 Å². The molecule has 0 unspecified atom stereocenters. The van der Waals surface area contributed by atoms with Crippen LogP contribution in [0.5, 0.6) is 0 Å². The third-order valence-electron chi connectivity index (χ3n) is 3.82. The summed E-state index contributed by atoms with van der Waals surface area (Å²) in [5.41, 5.74) is 5.74. The van der Waals surface area contributed by atoms with Gasteiger partial charge in [-0.05, 0) is 32.0 Å². The number of anilines is 2. The first-order valence-corrected chi connectivity index (χ1v) is 6.75. The number of amides is 1. The summed E-state index contributed by atoms with van der Waals surface area (Å²) >= 11 is 0. The Hall–Kier alpha value is -2.57. The lowest BCUT2D eigenvalue weighted by Gasteiger charge is -2.41. The van der Waals surface area contributed by atoms with E-state index in [4.69, 9.17) is 5.73 Å². The molecule has 0 aliphatic carbocycles. The molecule has 1 amide bonds. The fourth-order valence-corrected chi connectivity index (χ4v) is 2.54. The van der Waals surface area contributed by atoms with Crippen molar-refractivity contribution in [3.8, 4) is 0 Å². The number of nitrogens with two attached hydrogens (primary N) is 1. The standard InChI is InChI=1S/C14H17N5O2/c1-14(2)12(21)16-5-6-19(14)13-17-10-4-3-8(15)7-9(10)11(20)18-13/h3-4,7H,5-6,15H2,1-2H3,(H,16,21)(H,17,18,20).